The van der Waals surface area contributed by atoms with Gasteiger partial charge in [0.05, 0.1) is 5.69 Å². The highest BCUT2D eigenvalue weighted by molar-refractivity contribution is 7.27. The summed E-state index contributed by atoms with van der Waals surface area (Å²) in [4.78, 5) is 7.64. The second kappa shape index (κ2) is 17.0. The molecule has 0 fully saturated rings. The normalized spacial score (nSPS) is 13.9. The summed E-state index contributed by atoms with van der Waals surface area (Å²) in [6, 6.07) is 92.0. The van der Waals surface area contributed by atoms with E-state index in [0.29, 0.717) is 0 Å². The summed E-state index contributed by atoms with van der Waals surface area (Å²) in [6.07, 6.45) is 0. The van der Waals surface area contributed by atoms with Crippen LogP contribution in [-0.2, 0) is 10.8 Å². The van der Waals surface area contributed by atoms with Crippen LogP contribution < -0.4 is 51.8 Å². The molecule has 0 unspecified atom stereocenters. The molecule has 0 aromatic heterocycles. The molecule has 0 bridgehead atoms. The predicted molar refractivity (Wildman–Crippen MR) is 315 cm³/mol. The molecule has 0 spiro atoms. The summed E-state index contributed by atoms with van der Waals surface area (Å²) in [6.45, 7) is 13.7. The van der Waals surface area contributed by atoms with E-state index in [4.69, 9.17) is 0 Å². The van der Waals surface area contributed by atoms with E-state index >= 15 is 0 Å². The van der Waals surface area contributed by atoms with Crippen LogP contribution >= 0.6 is 0 Å². The number of hydrogen-bond acceptors (Lipinski definition) is 3. The molecule has 0 radical (unpaired) electrons. The lowest BCUT2D eigenvalue weighted by Gasteiger charge is -2.51. The summed E-state index contributed by atoms with van der Waals surface area (Å²) in [5, 5.41) is 5.70. The van der Waals surface area contributed by atoms with E-state index in [0.717, 1.165) is 28.4 Å². The Morgan fingerprint density at radius 2 is 0.712 bits per heavy atom. The molecule has 3 aliphatic rings. The van der Waals surface area contributed by atoms with Gasteiger partial charge in [-0.2, -0.15) is 0 Å². The second-order valence-corrected chi connectivity index (χ2v) is 25.9. The van der Waals surface area contributed by atoms with Crippen molar-refractivity contribution in [2.75, 3.05) is 14.7 Å². The van der Waals surface area contributed by atoms with E-state index in [1.54, 1.807) is 0 Å². The van der Waals surface area contributed by atoms with E-state index in [1.165, 1.54) is 82.1 Å². The highest BCUT2D eigenvalue weighted by Crippen LogP contribution is 2.49. The second-order valence-electron chi connectivity index (χ2n) is 22.1. The highest BCUT2D eigenvalue weighted by atomic mass is 28.3. The molecule has 0 amide bonds. The largest absolute Gasteiger partial charge is 0.311 e. The average molecular weight is 956 g/mol. The number of hydrogen-bond donors (Lipinski definition) is 0. The van der Waals surface area contributed by atoms with Crippen molar-refractivity contribution in [2.45, 2.75) is 52.4 Å². The number of rotatable bonds is 8. The van der Waals surface area contributed by atoms with Gasteiger partial charge in [0.2, 0.25) is 0 Å². The third kappa shape index (κ3) is 7.08. The minimum absolute atomic E-state index is 0.00495. The first kappa shape index (κ1) is 44.8. The predicted octanol–water partition coefficient (Wildman–Crippen LogP) is 13.2. The molecule has 0 N–H and O–H groups in total. The Balaban J connectivity index is 1.15. The van der Waals surface area contributed by atoms with Crippen molar-refractivity contribution >= 4 is 103 Å². The topological polar surface area (TPSA) is 9.72 Å². The number of nitrogens with zero attached hydrogens (tertiary/aromatic N) is 3. The van der Waals surface area contributed by atoms with Gasteiger partial charge in [0.25, 0.3) is 6.71 Å². The molecule has 0 atom stereocenters. The smallest absolute Gasteiger partial charge is 0.251 e. The fraction of sp³-hybridized carbons (Fsp3) is 0.118. The first-order chi connectivity index (χ1) is 35.5. The SMILES string of the molecule is CC(C)(C)c1ccc(-c2ccc(N3c4cc(N(c5ccccc5)c5ccccc5)cc5c4B4c6c3cccc6[Si](c3ccccc3)(c3ccccc3)c3cccc(c34)N5c3ccc(C(C)(C)C)cc3)cc2)cc1. The molecule has 10 aromatic carbocycles. The van der Waals surface area contributed by atoms with Crippen molar-refractivity contribution in [1.29, 1.82) is 0 Å². The fourth-order valence-corrected chi connectivity index (χ4v) is 17.7. The molecule has 5 heteroatoms. The van der Waals surface area contributed by atoms with E-state index in [-0.39, 0.29) is 17.5 Å². The Morgan fingerprint density at radius 1 is 0.342 bits per heavy atom. The van der Waals surface area contributed by atoms with Gasteiger partial charge in [-0.05, 0) is 143 Å². The molecule has 3 nitrogen and oxygen atoms in total. The lowest BCUT2D eigenvalue weighted by atomic mass is 9.33. The van der Waals surface area contributed by atoms with Gasteiger partial charge in [0.15, 0.2) is 8.07 Å². The Bertz CT molecular complexity index is 3600. The van der Waals surface area contributed by atoms with E-state index in [2.05, 4.69) is 299 Å². The van der Waals surface area contributed by atoms with E-state index in [1.807, 2.05) is 0 Å². The van der Waals surface area contributed by atoms with Crippen molar-refractivity contribution in [3.63, 3.8) is 0 Å². The fourth-order valence-electron chi connectivity index (χ4n) is 12.4. The van der Waals surface area contributed by atoms with Gasteiger partial charge in [-0.15, -0.1) is 0 Å². The van der Waals surface area contributed by atoms with E-state index < -0.39 is 8.07 Å². The van der Waals surface area contributed by atoms with Crippen molar-refractivity contribution in [3.05, 3.63) is 254 Å². The van der Waals surface area contributed by atoms with E-state index in [9.17, 15) is 0 Å². The van der Waals surface area contributed by atoms with Crippen molar-refractivity contribution in [1.82, 2.24) is 0 Å². The molecule has 0 saturated carbocycles. The molecule has 73 heavy (non-hydrogen) atoms. The zero-order chi connectivity index (χ0) is 49.6. The van der Waals surface area contributed by atoms with Gasteiger partial charge in [0, 0.05) is 45.5 Å². The van der Waals surface area contributed by atoms with Gasteiger partial charge in [-0.3, -0.25) is 0 Å². The monoisotopic (exact) mass is 955 g/mol. The molecule has 3 aliphatic heterocycles. The molecule has 3 heterocycles. The first-order valence-electron chi connectivity index (χ1n) is 25.9. The lowest BCUT2D eigenvalue weighted by molar-refractivity contribution is 0.590. The molecule has 13 rings (SSSR count). The average Bonchev–Trinajstić information content (AvgIpc) is 3.43. The lowest BCUT2D eigenvalue weighted by Crippen LogP contribution is -2.88. The maximum Gasteiger partial charge on any atom is 0.251 e. The number of benzene rings is 10. The van der Waals surface area contributed by atoms with Crippen LogP contribution in [0.15, 0.2) is 243 Å². The summed E-state index contributed by atoms with van der Waals surface area (Å²) in [5.41, 5.74) is 19.8. The van der Waals surface area contributed by atoms with Gasteiger partial charge in [0.1, 0.15) is 0 Å². The third-order valence-electron chi connectivity index (χ3n) is 15.8. The summed E-state index contributed by atoms with van der Waals surface area (Å²) < 4.78 is 0. The van der Waals surface area contributed by atoms with Crippen LogP contribution in [0.1, 0.15) is 52.7 Å². The molecular weight excluding hydrogens is 898 g/mol. The van der Waals surface area contributed by atoms with Crippen LogP contribution in [0.25, 0.3) is 11.1 Å². The van der Waals surface area contributed by atoms with Gasteiger partial charge in [-0.1, -0.05) is 211 Å². The molecular formula is C68H58BN3Si. The summed E-state index contributed by atoms with van der Waals surface area (Å²) in [5.74, 6) is 0. The van der Waals surface area contributed by atoms with Gasteiger partial charge in [-0.25, -0.2) is 0 Å². The zero-order valence-corrected chi connectivity index (χ0v) is 43.5. The summed E-state index contributed by atoms with van der Waals surface area (Å²) in [7, 11) is -3.00. The highest BCUT2D eigenvalue weighted by Gasteiger charge is 2.56. The van der Waals surface area contributed by atoms with Crippen LogP contribution in [0.4, 0.5) is 51.2 Å². The zero-order valence-electron chi connectivity index (χ0n) is 42.5. The Kier molecular flexibility index (Phi) is 10.4. The minimum Gasteiger partial charge on any atom is -0.311 e. The van der Waals surface area contributed by atoms with Gasteiger partial charge >= 0.3 is 0 Å². The van der Waals surface area contributed by atoms with Crippen LogP contribution in [0.5, 0.6) is 0 Å². The Labute approximate surface area is 432 Å². The Hall–Kier alpha value is -8.12. The maximum atomic E-state index is 2.61. The van der Waals surface area contributed by atoms with Crippen LogP contribution in [0.3, 0.4) is 0 Å². The quantitative estimate of drug-likeness (QED) is 0.141. The molecule has 352 valence electrons. The first-order valence-corrected chi connectivity index (χ1v) is 27.9. The third-order valence-corrected chi connectivity index (χ3v) is 20.7. The summed E-state index contributed by atoms with van der Waals surface area (Å²) >= 11 is 0. The van der Waals surface area contributed by atoms with Crippen LogP contribution in [0.2, 0.25) is 0 Å². The van der Waals surface area contributed by atoms with Crippen molar-refractivity contribution in [3.8, 4) is 11.1 Å². The molecule has 0 saturated heterocycles. The van der Waals surface area contributed by atoms with Crippen LogP contribution in [-0.4, -0.2) is 14.8 Å². The maximum absolute atomic E-state index is 3.00. The van der Waals surface area contributed by atoms with Crippen molar-refractivity contribution < 1.29 is 0 Å². The number of para-hydroxylation sites is 2. The van der Waals surface area contributed by atoms with Crippen LogP contribution in [0, 0.1) is 0 Å². The van der Waals surface area contributed by atoms with Crippen molar-refractivity contribution in [2.24, 2.45) is 0 Å². The Morgan fingerprint density at radius 3 is 1.12 bits per heavy atom. The number of anilines is 9. The molecule has 10 aromatic rings. The van der Waals surface area contributed by atoms with Gasteiger partial charge < -0.3 is 14.7 Å². The standard InChI is InChI=1S/C68H58BN3Si/c1-67(2,3)49-37-33-47(34-38-49)48-35-41-53(42-36-48)71-58-29-19-31-62-65(58)69-64-60(71)45-55(70(51-21-11-7-12-22-51)52-23-13-8-14-24-52)46-61(64)72(54-43-39-50(40-44-54)68(4,5)6)59-30-20-32-63(66(59)69)73(62,56-25-15-9-16-26-56)57-27-17-10-18-28-57/h7-46H,1-6H3. The molecule has 0 aliphatic carbocycles. The minimum atomic E-state index is -3.00.